The average molecular weight is 1980 g/mol. The van der Waals surface area contributed by atoms with Gasteiger partial charge in [0.05, 0.1) is 158 Å². The number of anilines is 5. The Morgan fingerprint density at radius 1 is 0.357 bits per heavy atom. The number of H-pyrrole nitrogens is 6. The number of aliphatic hydroxyl groups excluding tert-OH is 4. The molecule has 17 aromatic rings. The van der Waals surface area contributed by atoms with Gasteiger partial charge >= 0.3 is 30.9 Å². The van der Waals surface area contributed by atoms with E-state index in [9.17, 15) is 122 Å². The highest BCUT2D eigenvalue weighted by Crippen LogP contribution is 2.42. The zero-order chi connectivity index (χ0) is 103. The molecule has 16 aromatic heterocycles. The standard InChI is InChI=1S/C21H15F3N6O.C20H14F3N7O.C17H15F3N6O2.C17H15F3N6O.C16H13F3N6O/c1-11(12-2-4-15(31)5-3-12)29-20-28-8-13(7-25)18(30-20)17-10-27-19-16(17)6-14(9-26-19)21(22,23)24;1-10(11-2-3-16(31)25-6-11)29-19-28-7-12(5-24)17(30-19)15-9-27-18-14(15)4-13(8-26-18)20(21,22)23;1-8(28)13(7-27)25-16-24-4-9(3-21)14(26-16)12-6-23-15-11(12)2-10(5-22-15)17(18,19)20;1-2-11(27)7-25-16-24-5-9(4-21)14(26-16)13-8-23-15-12(13)3-10(6-22-15)17(18,19)20;1-8(26)4-23-15-24-5-9(3-20)13(25-15)12-7-22-14-11(12)2-10(6-21-14)16(17,18)19/h2-6,8-11,31H,1H3,(H,26,27)(H,28,29,30);2-4,6-10H,1H3,(H,25,31)(H,26,27)(H,28,29,30);2,4-6,8,13,27-28H,7H2,1H3,(H,22,23)(H,24,25,26);3,5-6,8,11,27H,2,7H2,1H3,(H,22,23)(H,24,25,26);2,5-8,26H,4H2,1H3,(H,21,22)(H,23,24,25)/t11-;;8-,13+;;8-/m1.0.1/s1. The van der Waals surface area contributed by atoms with Crippen molar-refractivity contribution in [3.05, 3.63) is 243 Å². The van der Waals surface area contributed by atoms with E-state index in [1.165, 1.54) is 75.0 Å². The second-order valence-corrected chi connectivity index (χ2v) is 31.1. The van der Waals surface area contributed by atoms with Crippen LogP contribution < -0.4 is 32.1 Å². The van der Waals surface area contributed by atoms with Gasteiger partial charge in [-0.25, -0.2) is 74.8 Å². The smallest absolute Gasteiger partial charge is 0.417 e. The maximum atomic E-state index is 13.1. The predicted molar refractivity (Wildman–Crippen MR) is 485 cm³/mol. The minimum absolute atomic E-state index is 0.00300. The molecule has 37 nitrogen and oxygen atoms in total. The number of aliphatic hydroxyl groups is 4. The number of rotatable bonds is 22. The highest BCUT2D eigenvalue weighted by Gasteiger charge is 2.37. The number of aromatic amines is 6. The first-order chi connectivity index (χ1) is 67.9. The van der Waals surface area contributed by atoms with E-state index in [1.54, 1.807) is 43.5 Å². The monoisotopic (exact) mass is 1980 g/mol. The molecule has 17 rings (SSSR count). The number of aromatic nitrogens is 21. The second-order valence-electron chi connectivity index (χ2n) is 31.1. The van der Waals surface area contributed by atoms with Gasteiger partial charge in [0.25, 0.3) is 0 Å². The number of nitrogens with zero attached hydrogens (tertiary/aromatic N) is 20. The van der Waals surface area contributed by atoms with Crippen LogP contribution in [0.3, 0.4) is 0 Å². The van der Waals surface area contributed by atoms with E-state index in [0.717, 1.165) is 72.4 Å². The maximum absolute atomic E-state index is 13.1. The molecule has 0 saturated heterocycles. The van der Waals surface area contributed by atoms with Gasteiger partial charge in [0.1, 0.15) is 64.3 Å². The van der Waals surface area contributed by atoms with Crippen LogP contribution in [-0.4, -0.2) is 174 Å². The third-order valence-corrected chi connectivity index (χ3v) is 21.1. The van der Waals surface area contributed by atoms with Crippen molar-refractivity contribution in [1.82, 2.24) is 105 Å². The molecule has 0 aliphatic rings. The maximum Gasteiger partial charge on any atom is 0.417 e. The molecule has 16 N–H and O–H groups in total. The van der Waals surface area contributed by atoms with Crippen molar-refractivity contribution in [2.75, 3.05) is 46.3 Å². The molecule has 0 fully saturated rings. The molecular formula is C91H72F15N31O6. The van der Waals surface area contributed by atoms with Gasteiger partial charge in [0, 0.05) is 142 Å². The summed E-state index contributed by atoms with van der Waals surface area (Å²) in [4.78, 5) is 88.3. The van der Waals surface area contributed by atoms with Gasteiger partial charge in [-0.05, 0) is 87.7 Å². The number of halogens is 15. The lowest BCUT2D eigenvalue weighted by Gasteiger charge is -2.19. The summed E-state index contributed by atoms with van der Waals surface area (Å²) in [6, 6.07) is 22.8. The Balaban J connectivity index is 0.000000150. The lowest BCUT2D eigenvalue weighted by atomic mass is 10.1. The van der Waals surface area contributed by atoms with Crippen molar-refractivity contribution in [2.45, 2.75) is 108 Å². The summed E-state index contributed by atoms with van der Waals surface area (Å²) < 4.78 is 196. The number of nitrogens with one attached hydrogen (secondary N) is 11. The molecule has 6 atom stereocenters. The van der Waals surface area contributed by atoms with Crippen LogP contribution in [0.15, 0.2) is 171 Å². The number of phenolic OH excluding ortho intramolecular Hbond substituents is 1. The summed E-state index contributed by atoms with van der Waals surface area (Å²) >= 11 is 0. The molecule has 0 radical (unpaired) electrons. The quantitative estimate of drug-likeness (QED) is 0.0280. The molecule has 16 heterocycles. The zero-order valence-electron chi connectivity index (χ0n) is 74.1. The summed E-state index contributed by atoms with van der Waals surface area (Å²) in [5.41, 5.74) is 0.763. The number of hydrogen-bond donors (Lipinski definition) is 16. The first-order valence-electron chi connectivity index (χ1n) is 41.9. The Bertz CT molecular complexity index is 7770. The molecule has 0 spiro atoms. The van der Waals surface area contributed by atoms with Crippen LogP contribution in [0.5, 0.6) is 5.75 Å². The summed E-state index contributed by atoms with van der Waals surface area (Å²) in [6.45, 7) is 8.51. The average Bonchev–Trinajstić information content (AvgIpc) is 1.67. The van der Waals surface area contributed by atoms with Crippen molar-refractivity contribution in [3.63, 3.8) is 0 Å². The number of hydrogen-bond acceptors (Lipinski definition) is 31. The Kier molecular flexibility index (Phi) is 30.8. The van der Waals surface area contributed by atoms with Crippen molar-refractivity contribution < 1.29 is 91.4 Å². The van der Waals surface area contributed by atoms with Crippen LogP contribution in [0.2, 0.25) is 0 Å². The van der Waals surface area contributed by atoms with Crippen molar-refractivity contribution in [1.29, 1.82) is 26.3 Å². The van der Waals surface area contributed by atoms with Crippen molar-refractivity contribution in [3.8, 4) is 92.4 Å². The van der Waals surface area contributed by atoms with Crippen molar-refractivity contribution in [2.24, 2.45) is 0 Å². The SMILES string of the molecule is CC(Nc1ncc(C#N)c(-c2c[nH]c3ncc(C(F)(F)F)cc23)n1)c1ccc(=O)[nH]c1.CCC(O)CNc1ncc(C#N)c(-c2c[nH]c3ncc(C(F)(F)F)cc23)n1.C[C@@H](Nc1ncc(C#N)c(-c2c[nH]c3ncc(C(F)(F)F)cc23)n1)c1ccc(O)cc1.C[C@@H](O)CNc1ncc(C#N)c(-c2c[nH]c3ncc(C(F)(F)F)cc23)n1.C[C@H](O)[C@@H](CO)Nc1ncc(C#N)c(-c2c[nH]c3ncc(C(F)(F)F)cc23)n1. The number of pyridine rings is 6. The Morgan fingerprint density at radius 3 is 0.888 bits per heavy atom. The fraction of sp³-hybridized carbons (Fsp3) is 0.220. The van der Waals surface area contributed by atoms with E-state index in [2.05, 4.69) is 131 Å². The van der Waals surface area contributed by atoms with Crippen LogP contribution in [0.25, 0.3) is 111 Å². The normalized spacial score (nSPS) is 12.9. The zero-order valence-corrected chi connectivity index (χ0v) is 74.1. The number of benzene rings is 1. The first kappa shape index (κ1) is 102. The lowest BCUT2D eigenvalue weighted by Crippen LogP contribution is -2.35. The predicted octanol–water partition coefficient (Wildman–Crippen LogP) is 16.4. The van der Waals surface area contributed by atoms with Crippen molar-refractivity contribution >= 4 is 84.9 Å². The van der Waals surface area contributed by atoms with E-state index >= 15 is 0 Å². The highest BCUT2D eigenvalue weighted by molar-refractivity contribution is 5.98. The number of nitriles is 5. The summed E-state index contributed by atoms with van der Waals surface area (Å²) in [5, 5.41) is 110. The Hall–Kier alpha value is -17.9. The van der Waals surface area contributed by atoms with E-state index < -0.39 is 89.7 Å². The molecule has 0 aliphatic heterocycles. The first-order valence-corrected chi connectivity index (χ1v) is 41.9. The van der Waals surface area contributed by atoms with Crippen LogP contribution in [0.1, 0.15) is 120 Å². The molecule has 732 valence electrons. The van der Waals surface area contributed by atoms with Crippen LogP contribution in [-0.2, 0) is 30.9 Å². The van der Waals surface area contributed by atoms with E-state index in [4.69, 9.17) is 0 Å². The molecule has 1 aromatic carbocycles. The third kappa shape index (κ3) is 24.4. The number of alkyl halides is 15. The van der Waals surface area contributed by atoms with E-state index in [1.807, 2.05) is 51.1 Å². The van der Waals surface area contributed by atoms with Gasteiger partial charge in [0.15, 0.2) is 0 Å². The molecule has 0 bridgehead atoms. The number of fused-ring (bicyclic) bond motifs is 5. The molecule has 52 heteroatoms. The third-order valence-electron chi connectivity index (χ3n) is 21.1. The Labute approximate surface area is 794 Å². The molecule has 0 aliphatic carbocycles. The van der Waals surface area contributed by atoms with Gasteiger partial charge in [-0.2, -0.15) is 92.2 Å². The largest absolute Gasteiger partial charge is 0.508 e. The van der Waals surface area contributed by atoms with Gasteiger partial charge in [-0.15, -0.1) is 0 Å². The second kappa shape index (κ2) is 43.0. The summed E-state index contributed by atoms with van der Waals surface area (Å²) in [6.07, 6.45) is -5.55. The fourth-order valence-electron chi connectivity index (χ4n) is 13.6. The number of phenols is 1. The topological polar surface area (TPSA) is 585 Å². The van der Waals surface area contributed by atoms with E-state index in [0.29, 0.717) is 28.7 Å². The molecule has 2 unspecified atom stereocenters. The van der Waals surface area contributed by atoms with Gasteiger partial charge in [-0.1, -0.05) is 25.1 Å². The highest BCUT2D eigenvalue weighted by atomic mass is 19.4. The van der Waals surface area contributed by atoms with Gasteiger partial charge < -0.3 is 82.0 Å². The molecule has 143 heavy (non-hydrogen) atoms. The minimum Gasteiger partial charge on any atom is -0.508 e. The molecule has 0 amide bonds. The molecule has 0 saturated carbocycles. The van der Waals surface area contributed by atoms with Crippen LogP contribution in [0.4, 0.5) is 95.6 Å². The summed E-state index contributed by atoms with van der Waals surface area (Å²) in [5.74, 6) is 0.813. The number of aromatic hydroxyl groups is 1. The van der Waals surface area contributed by atoms with Gasteiger partial charge in [-0.3, -0.25) is 4.79 Å². The van der Waals surface area contributed by atoms with E-state index in [-0.39, 0.29) is 183 Å². The Morgan fingerprint density at radius 2 is 0.629 bits per heavy atom. The molecular weight excluding hydrogens is 1910 g/mol. The minimum atomic E-state index is -4.57. The fourth-order valence-corrected chi connectivity index (χ4v) is 13.6. The van der Waals surface area contributed by atoms with Crippen LogP contribution in [0, 0.1) is 56.7 Å². The van der Waals surface area contributed by atoms with Gasteiger partial charge in [0.2, 0.25) is 35.3 Å². The summed E-state index contributed by atoms with van der Waals surface area (Å²) in [7, 11) is 0. The van der Waals surface area contributed by atoms with Crippen LogP contribution >= 0.6 is 0 Å². The lowest BCUT2D eigenvalue weighted by molar-refractivity contribution is -0.138.